The van der Waals surface area contributed by atoms with Crippen LogP contribution in [0.5, 0.6) is 0 Å². The molecule has 0 rings (SSSR count). The second kappa shape index (κ2) is 35.1. The molecule has 0 aromatic carbocycles. The molecule has 0 saturated heterocycles. The van der Waals surface area contributed by atoms with Crippen LogP contribution in [0.2, 0.25) is 0 Å². The maximum Gasteiger partial charge on any atom is 0.306 e. The van der Waals surface area contributed by atoms with Crippen LogP contribution in [0.4, 0.5) is 0 Å². The zero-order chi connectivity index (χ0) is 34.6. The van der Waals surface area contributed by atoms with Crippen LogP contribution in [0, 0.1) is 0 Å². The lowest BCUT2D eigenvalue weighted by molar-refractivity contribution is -0.143. The lowest BCUT2D eigenvalue weighted by atomic mass is 10.1. The molecule has 0 atom stereocenters. The molecule has 0 fully saturated rings. The quantitative estimate of drug-likeness (QED) is 0.0293. The molecule has 1 amide bonds. The summed E-state index contributed by atoms with van der Waals surface area (Å²) in [6.07, 6.45) is 30.9. The molecule has 0 spiro atoms. The lowest BCUT2D eigenvalue weighted by Crippen LogP contribution is -2.36. The van der Waals surface area contributed by atoms with Crippen molar-refractivity contribution >= 4 is 17.8 Å². The molecule has 0 aromatic rings. The second-order valence-electron chi connectivity index (χ2n) is 13.0. The molecule has 0 heterocycles. The molecule has 8 nitrogen and oxygen atoms in total. The standard InChI is InChI=1S/C39H72N2O6/c1-5-7-9-11-13-21-27-33-46-38(43)29-23-17-15-19-25-31-41(37(42)35-45-36-40(3)4)32-26-20-16-18-24-30-39(44)47-34-28-22-14-12-10-8-6-2/h21-22,27-28H,5-20,23-26,29-36H2,1-4H3/b27-21-,28-22-. The highest BCUT2D eigenvalue weighted by molar-refractivity contribution is 5.77. The summed E-state index contributed by atoms with van der Waals surface area (Å²) in [7, 11) is 3.84. The number of esters is 2. The summed E-state index contributed by atoms with van der Waals surface area (Å²) in [5.74, 6) is -0.195. The first-order valence-corrected chi connectivity index (χ1v) is 19.0. The van der Waals surface area contributed by atoms with Crippen LogP contribution in [0.1, 0.15) is 155 Å². The van der Waals surface area contributed by atoms with E-state index in [-0.39, 0.29) is 24.5 Å². The highest BCUT2D eigenvalue weighted by Gasteiger charge is 2.13. The van der Waals surface area contributed by atoms with E-state index in [9.17, 15) is 14.4 Å². The third kappa shape index (κ3) is 33.5. The van der Waals surface area contributed by atoms with Crippen LogP contribution in [-0.4, -0.2) is 81.4 Å². The summed E-state index contributed by atoms with van der Waals surface area (Å²) in [5.41, 5.74) is 0. The highest BCUT2D eigenvalue weighted by atomic mass is 16.5. The van der Waals surface area contributed by atoms with Crippen molar-refractivity contribution in [3.05, 3.63) is 24.3 Å². The summed E-state index contributed by atoms with van der Waals surface area (Å²) in [6.45, 7) is 7.17. The SMILES string of the molecule is CCCCCC/C=C\COC(=O)CCCCCCCN(CCCCCCCC(=O)OC/C=C\CCCCCC)C(=O)COCN(C)C. The molecule has 0 bridgehead atoms. The van der Waals surface area contributed by atoms with Gasteiger partial charge in [-0.3, -0.25) is 19.3 Å². The number of ether oxygens (including phenoxy) is 3. The predicted octanol–water partition coefficient (Wildman–Crippen LogP) is 9.17. The fraction of sp³-hybridized carbons (Fsp3) is 0.821. The fourth-order valence-corrected chi connectivity index (χ4v) is 5.15. The van der Waals surface area contributed by atoms with Crippen LogP contribution in [0.25, 0.3) is 0 Å². The number of carbonyl (C=O) groups excluding carboxylic acids is 3. The molecular formula is C39H72N2O6. The minimum Gasteiger partial charge on any atom is -0.461 e. The lowest BCUT2D eigenvalue weighted by Gasteiger charge is -2.23. The van der Waals surface area contributed by atoms with Gasteiger partial charge in [0.2, 0.25) is 5.91 Å². The third-order valence-electron chi connectivity index (χ3n) is 8.01. The van der Waals surface area contributed by atoms with Gasteiger partial charge in [0.05, 0.1) is 6.73 Å². The molecule has 0 aliphatic carbocycles. The Bertz CT molecular complexity index is 746. The number of amides is 1. The Balaban J connectivity index is 4.07. The average Bonchev–Trinajstić information content (AvgIpc) is 3.05. The minimum absolute atomic E-state index is 0.0439. The zero-order valence-corrected chi connectivity index (χ0v) is 31.0. The summed E-state index contributed by atoms with van der Waals surface area (Å²) >= 11 is 0. The number of allylic oxidation sites excluding steroid dienone is 2. The predicted molar refractivity (Wildman–Crippen MR) is 194 cm³/mol. The molecule has 0 unspecified atom stereocenters. The van der Waals surface area contributed by atoms with Crippen molar-refractivity contribution in [1.82, 2.24) is 9.80 Å². The second-order valence-corrected chi connectivity index (χ2v) is 13.0. The van der Waals surface area contributed by atoms with Crippen LogP contribution in [0.15, 0.2) is 24.3 Å². The summed E-state index contributed by atoms with van der Waals surface area (Å²) < 4.78 is 16.2. The molecule has 0 aliphatic rings. The van der Waals surface area contributed by atoms with E-state index >= 15 is 0 Å². The summed E-state index contributed by atoms with van der Waals surface area (Å²) in [6, 6.07) is 0. The number of rotatable bonds is 34. The van der Waals surface area contributed by atoms with E-state index in [2.05, 4.69) is 26.0 Å². The van der Waals surface area contributed by atoms with E-state index < -0.39 is 0 Å². The van der Waals surface area contributed by atoms with Crippen molar-refractivity contribution in [2.45, 2.75) is 155 Å². The molecule has 0 aliphatic heterocycles. The van der Waals surface area contributed by atoms with Gasteiger partial charge in [0, 0.05) is 25.9 Å². The molecule has 274 valence electrons. The van der Waals surface area contributed by atoms with Crippen molar-refractivity contribution in [2.75, 3.05) is 53.7 Å². The van der Waals surface area contributed by atoms with E-state index in [1.807, 2.05) is 36.0 Å². The largest absolute Gasteiger partial charge is 0.461 e. The smallest absolute Gasteiger partial charge is 0.306 e. The highest BCUT2D eigenvalue weighted by Crippen LogP contribution is 2.11. The van der Waals surface area contributed by atoms with Gasteiger partial charge in [0.15, 0.2) is 0 Å². The van der Waals surface area contributed by atoms with Gasteiger partial charge in [-0.1, -0.05) is 115 Å². The Kier molecular flexibility index (Phi) is 33.5. The van der Waals surface area contributed by atoms with E-state index in [1.165, 1.54) is 51.4 Å². The molecule has 0 radical (unpaired) electrons. The Labute approximate surface area is 289 Å². The maximum atomic E-state index is 12.8. The third-order valence-corrected chi connectivity index (χ3v) is 8.01. The van der Waals surface area contributed by atoms with Gasteiger partial charge in [-0.15, -0.1) is 0 Å². The first-order chi connectivity index (χ1) is 22.9. The Morgan fingerprint density at radius 2 is 0.957 bits per heavy atom. The van der Waals surface area contributed by atoms with Crippen LogP contribution in [-0.2, 0) is 28.6 Å². The molecular weight excluding hydrogens is 592 g/mol. The molecule has 47 heavy (non-hydrogen) atoms. The van der Waals surface area contributed by atoms with Gasteiger partial charge >= 0.3 is 11.9 Å². The van der Waals surface area contributed by atoms with Crippen molar-refractivity contribution < 1.29 is 28.6 Å². The van der Waals surface area contributed by atoms with Crippen molar-refractivity contribution in [2.24, 2.45) is 0 Å². The molecule has 8 heteroatoms. The van der Waals surface area contributed by atoms with E-state index in [0.717, 1.165) is 90.1 Å². The van der Waals surface area contributed by atoms with Crippen LogP contribution >= 0.6 is 0 Å². The van der Waals surface area contributed by atoms with Gasteiger partial charge in [0.25, 0.3) is 0 Å². The van der Waals surface area contributed by atoms with Gasteiger partial charge in [-0.05, 0) is 65.5 Å². The monoisotopic (exact) mass is 665 g/mol. The van der Waals surface area contributed by atoms with Gasteiger partial charge in [-0.2, -0.15) is 0 Å². The Morgan fingerprint density at radius 3 is 1.40 bits per heavy atom. The zero-order valence-electron chi connectivity index (χ0n) is 31.0. The number of carbonyl (C=O) groups is 3. The molecule has 0 N–H and O–H groups in total. The van der Waals surface area contributed by atoms with Gasteiger partial charge < -0.3 is 19.1 Å². The minimum atomic E-state index is -0.119. The number of hydrogen-bond acceptors (Lipinski definition) is 7. The number of hydrogen-bond donors (Lipinski definition) is 0. The first-order valence-electron chi connectivity index (χ1n) is 19.0. The van der Waals surface area contributed by atoms with Crippen LogP contribution < -0.4 is 0 Å². The van der Waals surface area contributed by atoms with Crippen molar-refractivity contribution in [3.63, 3.8) is 0 Å². The Hall–Kier alpha value is -2.19. The van der Waals surface area contributed by atoms with Gasteiger partial charge in [-0.25, -0.2) is 0 Å². The van der Waals surface area contributed by atoms with E-state index in [1.54, 1.807) is 0 Å². The van der Waals surface area contributed by atoms with Gasteiger partial charge in [0.1, 0.15) is 19.8 Å². The summed E-state index contributed by atoms with van der Waals surface area (Å²) in [5, 5.41) is 0. The Morgan fingerprint density at radius 1 is 0.532 bits per heavy atom. The number of nitrogens with zero attached hydrogens (tertiary/aromatic N) is 2. The first kappa shape index (κ1) is 44.8. The summed E-state index contributed by atoms with van der Waals surface area (Å²) in [4.78, 5) is 40.6. The average molecular weight is 665 g/mol. The van der Waals surface area contributed by atoms with Crippen LogP contribution in [0.3, 0.4) is 0 Å². The maximum absolute atomic E-state index is 12.8. The molecule has 0 saturated carbocycles. The topological polar surface area (TPSA) is 85.4 Å². The molecule has 0 aromatic heterocycles. The fourth-order valence-electron chi connectivity index (χ4n) is 5.15. The van der Waals surface area contributed by atoms with Crippen molar-refractivity contribution in [1.29, 1.82) is 0 Å². The van der Waals surface area contributed by atoms with E-state index in [0.29, 0.717) is 32.8 Å². The van der Waals surface area contributed by atoms with Crippen molar-refractivity contribution in [3.8, 4) is 0 Å². The normalized spacial score (nSPS) is 11.6. The number of unbranched alkanes of at least 4 members (excludes halogenated alkanes) is 16. The van der Waals surface area contributed by atoms with E-state index in [4.69, 9.17) is 14.2 Å².